The molecule has 1 aromatic rings. The van der Waals surface area contributed by atoms with E-state index >= 15 is 0 Å². The summed E-state index contributed by atoms with van der Waals surface area (Å²) in [6.07, 6.45) is 5.28. The third kappa shape index (κ3) is 4.95. The summed E-state index contributed by atoms with van der Waals surface area (Å²) in [7, 11) is 1.94. The van der Waals surface area contributed by atoms with Crippen molar-refractivity contribution >= 4 is 0 Å². The van der Waals surface area contributed by atoms with E-state index < -0.39 is 0 Å². The highest BCUT2D eigenvalue weighted by Crippen LogP contribution is 1.96. The number of hydrogen-bond donors (Lipinski definition) is 1. The first-order valence-electron chi connectivity index (χ1n) is 5.52. The molecule has 0 saturated carbocycles. The van der Waals surface area contributed by atoms with Gasteiger partial charge in [0, 0.05) is 26.4 Å². The van der Waals surface area contributed by atoms with E-state index in [9.17, 15) is 0 Å². The van der Waals surface area contributed by atoms with Crippen molar-refractivity contribution in [1.82, 2.24) is 15.1 Å². The van der Waals surface area contributed by atoms with Gasteiger partial charge in [-0.15, -0.1) is 0 Å². The number of aromatic nitrogens is 2. The zero-order valence-corrected chi connectivity index (χ0v) is 9.86. The van der Waals surface area contributed by atoms with Crippen molar-refractivity contribution in [3.8, 4) is 0 Å². The minimum Gasteiger partial charge on any atom is -0.377 e. The SMILES string of the molecule is CCOC(C)CNCCc1cnn(C)c1. The van der Waals surface area contributed by atoms with E-state index in [1.54, 1.807) is 0 Å². The number of ether oxygens (including phenoxy) is 1. The molecule has 1 heterocycles. The van der Waals surface area contributed by atoms with Crippen LogP contribution in [0.1, 0.15) is 19.4 Å². The molecule has 15 heavy (non-hydrogen) atoms. The minimum atomic E-state index is 0.295. The van der Waals surface area contributed by atoms with Gasteiger partial charge in [0.15, 0.2) is 0 Å². The lowest BCUT2D eigenvalue weighted by Crippen LogP contribution is -2.28. The van der Waals surface area contributed by atoms with Gasteiger partial charge in [0.1, 0.15) is 0 Å². The van der Waals surface area contributed by atoms with E-state index in [4.69, 9.17) is 4.74 Å². The van der Waals surface area contributed by atoms with E-state index in [1.165, 1.54) is 5.56 Å². The molecule has 1 N–H and O–H groups in total. The summed E-state index contributed by atoms with van der Waals surface area (Å²) in [6.45, 7) is 6.77. The van der Waals surface area contributed by atoms with Gasteiger partial charge in [0.05, 0.1) is 12.3 Å². The van der Waals surface area contributed by atoms with Crippen LogP contribution in [0.5, 0.6) is 0 Å². The smallest absolute Gasteiger partial charge is 0.0671 e. The molecule has 0 aliphatic carbocycles. The van der Waals surface area contributed by atoms with Gasteiger partial charge in [-0.2, -0.15) is 5.10 Å². The van der Waals surface area contributed by atoms with Crippen LogP contribution in [0.15, 0.2) is 12.4 Å². The number of nitrogens with zero attached hydrogens (tertiary/aromatic N) is 2. The van der Waals surface area contributed by atoms with Gasteiger partial charge in [-0.25, -0.2) is 0 Å². The molecule has 1 unspecified atom stereocenters. The van der Waals surface area contributed by atoms with Gasteiger partial charge in [-0.1, -0.05) is 0 Å². The molecule has 86 valence electrons. The summed E-state index contributed by atoms with van der Waals surface area (Å²) in [4.78, 5) is 0. The van der Waals surface area contributed by atoms with Crippen molar-refractivity contribution in [2.75, 3.05) is 19.7 Å². The van der Waals surface area contributed by atoms with Crippen LogP contribution in [0.3, 0.4) is 0 Å². The van der Waals surface area contributed by atoms with Crippen molar-refractivity contribution in [3.05, 3.63) is 18.0 Å². The molecule has 0 fully saturated rings. The first-order valence-corrected chi connectivity index (χ1v) is 5.52. The summed E-state index contributed by atoms with van der Waals surface area (Å²) in [5.74, 6) is 0. The van der Waals surface area contributed by atoms with Gasteiger partial charge >= 0.3 is 0 Å². The van der Waals surface area contributed by atoms with Crippen LogP contribution in [0.4, 0.5) is 0 Å². The highest BCUT2D eigenvalue weighted by atomic mass is 16.5. The summed E-state index contributed by atoms with van der Waals surface area (Å²) in [5.41, 5.74) is 1.27. The van der Waals surface area contributed by atoms with Crippen molar-refractivity contribution in [3.63, 3.8) is 0 Å². The number of hydrogen-bond acceptors (Lipinski definition) is 3. The number of rotatable bonds is 7. The summed E-state index contributed by atoms with van der Waals surface area (Å²) in [5, 5.41) is 7.49. The normalized spacial score (nSPS) is 13.0. The third-order valence-electron chi connectivity index (χ3n) is 2.23. The Kier molecular flexibility index (Phi) is 5.36. The van der Waals surface area contributed by atoms with Crippen LogP contribution >= 0.6 is 0 Å². The Morgan fingerprint density at radius 2 is 2.40 bits per heavy atom. The molecule has 0 aliphatic rings. The van der Waals surface area contributed by atoms with Gasteiger partial charge in [0.25, 0.3) is 0 Å². The van der Waals surface area contributed by atoms with Crippen molar-refractivity contribution in [2.45, 2.75) is 26.4 Å². The van der Waals surface area contributed by atoms with Gasteiger partial charge in [0.2, 0.25) is 0 Å². The summed E-state index contributed by atoms with van der Waals surface area (Å²) >= 11 is 0. The Balaban J connectivity index is 2.06. The highest BCUT2D eigenvalue weighted by Gasteiger charge is 2.00. The predicted molar refractivity (Wildman–Crippen MR) is 60.9 cm³/mol. The second-order valence-corrected chi connectivity index (χ2v) is 3.74. The van der Waals surface area contributed by atoms with E-state index in [0.717, 1.165) is 26.1 Å². The minimum absolute atomic E-state index is 0.295. The number of aryl methyl sites for hydroxylation is 1. The zero-order chi connectivity index (χ0) is 11.1. The average Bonchev–Trinajstić information content (AvgIpc) is 2.60. The fourth-order valence-corrected chi connectivity index (χ4v) is 1.48. The van der Waals surface area contributed by atoms with E-state index in [-0.39, 0.29) is 0 Å². The van der Waals surface area contributed by atoms with Crippen molar-refractivity contribution in [1.29, 1.82) is 0 Å². The van der Waals surface area contributed by atoms with E-state index in [2.05, 4.69) is 17.3 Å². The van der Waals surface area contributed by atoms with Crippen LogP contribution in [-0.4, -0.2) is 35.6 Å². The molecule has 0 spiro atoms. The Morgan fingerprint density at radius 1 is 1.60 bits per heavy atom. The van der Waals surface area contributed by atoms with Crippen LogP contribution < -0.4 is 5.32 Å². The van der Waals surface area contributed by atoms with Crippen LogP contribution in [0.2, 0.25) is 0 Å². The zero-order valence-electron chi connectivity index (χ0n) is 9.86. The molecule has 0 aromatic carbocycles. The van der Waals surface area contributed by atoms with E-state index in [1.807, 2.05) is 31.0 Å². The largest absolute Gasteiger partial charge is 0.377 e. The molecule has 4 nitrogen and oxygen atoms in total. The molecule has 0 saturated heterocycles. The highest BCUT2D eigenvalue weighted by molar-refractivity contribution is 5.03. The molecule has 1 aromatic heterocycles. The molecule has 0 bridgehead atoms. The Hall–Kier alpha value is -0.870. The Labute approximate surface area is 91.6 Å². The molecular formula is C11H21N3O. The van der Waals surface area contributed by atoms with E-state index in [0.29, 0.717) is 6.10 Å². The molecule has 1 rings (SSSR count). The molecular weight excluding hydrogens is 190 g/mol. The van der Waals surface area contributed by atoms with Gasteiger partial charge in [-0.05, 0) is 32.4 Å². The molecule has 0 aliphatic heterocycles. The maximum absolute atomic E-state index is 5.42. The predicted octanol–water partition coefficient (Wildman–Crippen LogP) is 0.977. The second kappa shape index (κ2) is 6.58. The fourth-order valence-electron chi connectivity index (χ4n) is 1.48. The average molecular weight is 211 g/mol. The van der Waals surface area contributed by atoms with Crippen molar-refractivity contribution in [2.24, 2.45) is 7.05 Å². The van der Waals surface area contributed by atoms with Crippen LogP contribution in [0.25, 0.3) is 0 Å². The van der Waals surface area contributed by atoms with Crippen LogP contribution in [0, 0.1) is 0 Å². The fraction of sp³-hybridized carbons (Fsp3) is 0.727. The lowest BCUT2D eigenvalue weighted by atomic mass is 10.2. The lowest BCUT2D eigenvalue weighted by molar-refractivity contribution is 0.0763. The maximum atomic E-state index is 5.42. The molecule has 0 amide bonds. The quantitative estimate of drug-likeness (QED) is 0.683. The second-order valence-electron chi connectivity index (χ2n) is 3.74. The summed E-state index contributed by atoms with van der Waals surface area (Å²) < 4.78 is 7.25. The van der Waals surface area contributed by atoms with Gasteiger partial charge < -0.3 is 10.1 Å². The van der Waals surface area contributed by atoms with Gasteiger partial charge in [-0.3, -0.25) is 4.68 Å². The summed E-state index contributed by atoms with van der Waals surface area (Å²) in [6, 6.07) is 0. The standard InChI is InChI=1S/C11H21N3O/c1-4-15-10(2)7-12-6-5-11-8-13-14(3)9-11/h8-10,12H,4-7H2,1-3H3. The third-order valence-corrected chi connectivity index (χ3v) is 2.23. The maximum Gasteiger partial charge on any atom is 0.0671 e. The molecule has 0 radical (unpaired) electrons. The molecule has 4 heteroatoms. The Bertz CT molecular complexity index is 273. The monoisotopic (exact) mass is 211 g/mol. The first kappa shape index (κ1) is 12.2. The lowest BCUT2D eigenvalue weighted by Gasteiger charge is -2.11. The molecule has 1 atom stereocenters. The Morgan fingerprint density at radius 3 is 3.00 bits per heavy atom. The van der Waals surface area contributed by atoms with Crippen LogP contribution in [-0.2, 0) is 18.2 Å². The van der Waals surface area contributed by atoms with Crippen molar-refractivity contribution < 1.29 is 4.74 Å². The number of nitrogens with one attached hydrogen (secondary N) is 1. The topological polar surface area (TPSA) is 39.1 Å². The first-order chi connectivity index (χ1) is 7.22.